The van der Waals surface area contributed by atoms with Gasteiger partial charge in [-0.1, -0.05) is 6.08 Å². The first-order valence-electron chi connectivity index (χ1n) is 6.25. The molecule has 0 bridgehead atoms. The molecule has 1 rings (SSSR count). The summed E-state index contributed by atoms with van der Waals surface area (Å²) < 4.78 is 10.7. The van der Waals surface area contributed by atoms with E-state index in [0.717, 1.165) is 31.3 Å². The lowest BCUT2D eigenvalue weighted by Gasteiger charge is -2.34. The summed E-state index contributed by atoms with van der Waals surface area (Å²) in [6.45, 7) is 5.89. The molecule has 0 amide bonds. The molecule has 0 spiro atoms. The van der Waals surface area contributed by atoms with Crippen molar-refractivity contribution in [2.24, 2.45) is 0 Å². The largest absolute Gasteiger partial charge is 0.466 e. The van der Waals surface area contributed by atoms with Crippen LogP contribution in [0.2, 0.25) is 19.6 Å². The molecule has 1 unspecified atom stereocenters. The molecule has 4 nitrogen and oxygen atoms in total. The molecule has 0 N–H and O–H groups in total. The Hall–Kier alpha value is -1.12. The second-order valence-corrected chi connectivity index (χ2v) is 9.90. The molecule has 1 aliphatic carbocycles. The van der Waals surface area contributed by atoms with E-state index in [0.29, 0.717) is 0 Å². The van der Waals surface area contributed by atoms with Crippen LogP contribution in [0.3, 0.4) is 0 Å². The maximum Gasteiger partial charge on any atom is 0.356 e. The number of methoxy groups -OCH3 is 1. The first-order chi connectivity index (χ1) is 8.35. The Morgan fingerprint density at radius 2 is 2.11 bits per heavy atom. The van der Waals surface area contributed by atoms with Crippen molar-refractivity contribution >= 4 is 14.3 Å². The molecule has 0 saturated carbocycles. The standard InChI is InChI=1S/C13H21NO3Si/c1-16-12(15)13(10-14,17-18(2,3)4)11-8-6-5-7-9-11/h8H,5-7,9H2,1-4H3. The highest BCUT2D eigenvalue weighted by Gasteiger charge is 2.48. The van der Waals surface area contributed by atoms with Crippen LogP contribution >= 0.6 is 0 Å². The van der Waals surface area contributed by atoms with E-state index in [2.05, 4.69) is 6.07 Å². The Bertz CT molecular complexity index is 392. The van der Waals surface area contributed by atoms with Crippen molar-refractivity contribution in [3.63, 3.8) is 0 Å². The Morgan fingerprint density at radius 1 is 1.44 bits per heavy atom. The summed E-state index contributed by atoms with van der Waals surface area (Å²) >= 11 is 0. The smallest absolute Gasteiger partial charge is 0.356 e. The molecule has 1 aliphatic rings. The fourth-order valence-electron chi connectivity index (χ4n) is 2.14. The Morgan fingerprint density at radius 3 is 2.50 bits per heavy atom. The molecule has 0 radical (unpaired) electrons. The number of ether oxygens (including phenoxy) is 1. The van der Waals surface area contributed by atoms with Gasteiger partial charge in [-0.25, -0.2) is 4.79 Å². The van der Waals surface area contributed by atoms with E-state index in [1.165, 1.54) is 7.11 Å². The number of nitrogens with zero attached hydrogens (tertiary/aromatic N) is 1. The average Bonchev–Trinajstić information content (AvgIpc) is 2.35. The van der Waals surface area contributed by atoms with Crippen LogP contribution in [-0.2, 0) is 14.0 Å². The monoisotopic (exact) mass is 267 g/mol. The molecular formula is C13H21NO3Si. The fraction of sp³-hybridized carbons (Fsp3) is 0.692. The van der Waals surface area contributed by atoms with Crippen LogP contribution in [0.1, 0.15) is 25.7 Å². The van der Waals surface area contributed by atoms with E-state index in [-0.39, 0.29) is 0 Å². The van der Waals surface area contributed by atoms with Crippen LogP contribution < -0.4 is 0 Å². The summed E-state index contributed by atoms with van der Waals surface area (Å²) in [6, 6.07) is 2.06. The first-order valence-corrected chi connectivity index (χ1v) is 9.66. The Balaban J connectivity index is 3.18. The van der Waals surface area contributed by atoms with Gasteiger partial charge in [0.1, 0.15) is 6.07 Å². The van der Waals surface area contributed by atoms with Crippen molar-refractivity contribution in [1.82, 2.24) is 0 Å². The first kappa shape index (κ1) is 14.9. The van der Waals surface area contributed by atoms with E-state index >= 15 is 0 Å². The number of nitriles is 1. The zero-order valence-electron chi connectivity index (χ0n) is 11.6. The third kappa shape index (κ3) is 3.21. The summed E-state index contributed by atoms with van der Waals surface area (Å²) in [5, 5.41) is 9.50. The lowest BCUT2D eigenvalue weighted by atomic mass is 9.86. The van der Waals surface area contributed by atoms with E-state index in [1.54, 1.807) is 0 Å². The lowest BCUT2D eigenvalue weighted by molar-refractivity contribution is -0.152. The maximum atomic E-state index is 12.1. The van der Waals surface area contributed by atoms with Crippen LogP contribution in [0.15, 0.2) is 11.6 Å². The molecule has 0 aromatic heterocycles. The van der Waals surface area contributed by atoms with Gasteiger partial charge in [-0.2, -0.15) is 5.26 Å². The van der Waals surface area contributed by atoms with Crippen molar-refractivity contribution < 1.29 is 14.0 Å². The Labute approximate surface area is 110 Å². The number of allylic oxidation sites excluding steroid dienone is 1. The SMILES string of the molecule is COC(=O)C(C#N)(O[Si](C)(C)C)C1=CCCCC1. The van der Waals surface area contributed by atoms with Crippen LogP contribution in [0.5, 0.6) is 0 Å². The minimum atomic E-state index is -2.04. The highest BCUT2D eigenvalue weighted by molar-refractivity contribution is 6.70. The molecule has 100 valence electrons. The van der Waals surface area contributed by atoms with Gasteiger partial charge in [0, 0.05) is 0 Å². The van der Waals surface area contributed by atoms with Gasteiger partial charge < -0.3 is 9.16 Å². The molecule has 0 aliphatic heterocycles. The van der Waals surface area contributed by atoms with Gasteiger partial charge in [-0.3, -0.25) is 0 Å². The summed E-state index contributed by atoms with van der Waals surface area (Å²) in [5.74, 6) is -0.597. The molecule has 5 heteroatoms. The summed E-state index contributed by atoms with van der Waals surface area (Å²) in [6.07, 6.45) is 5.67. The second-order valence-electron chi connectivity index (χ2n) is 5.47. The van der Waals surface area contributed by atoms with Crippen LogP contribution in [0, 0.1) is 11.3 Å². The molecule has 0 saturated heterocycles. The number of hydrogen-bond donors (Lipinski definition) is 0. The van der Waals surface area contributed by atoms with E-state index in [9.17, 15) is 10.1 Å². The molecule has 18 heavy (non-hydrogen) atoms. The van der Waals surface area contributed by atoms with Gasteiger partial charge in [0.15, 0.2) is 8.32 Å². The van der Waals surface area contributed by atoms with Crippen LogP contribution in [0.25, 0.3) is 0 Å². The number of carbonyl (C=O) groups excluding carboxylic acids is 1. The van der Waals surface area contributed by atoms with Gasteiger partial charge >= 0.3 is 5.97 Å². The molecule has 0 heterocycles. The number of carbonyl (C=O) groups is 1. The van der Waals surface area contributed by atoms with Crippen molar-refractivity contribution in [1.29, 1.82) is 5.26 Å². The van der Waals surface area contributed by atoms with Gasteiger partial charge in [-0.05, 0) is 50.9 Å². The molecular weight excluding hydrogens is 246 g/mol. The minimum Gasteiger partial charge on any atom is -0.466 e. The number of hydrogen-bond acceptors (Lipinski definition) is 4. The minimum absolute atomic E-state index is 0.597. The molecule has 0 aromatic rings. The third-order valence-electron chi connectivity index (χ3n) is 2.83. The second kappa shape index (κ2) is 5.68. The van der Waals surface area contributed by atoms with Crippen molar-refractivity contribution in [2.75, 3.05) is 7.11 Å². The van der Waals surface area contributed by atoms with Crippen LogP contribution in [-0.4, -0.2) is 27.0 Å². The topological polar surface area (TPSA) is 59.3 Å². The van der Waals surface area contributed by atoms with E-state index in [1.807, 2.05) is 25.7 Å². The van der Waals surface area contributed by atoms with E-state index in [4.69, 9.17) is 9.16 Å². The number of esters is 1. The maximum absolute atomic E-state index is 12.1. The average molecular weight is 267 g/mol. The van der Waals surface area contributed by atoms with Gasteiger partial charge in [0.25, 0.3) is 5.60 Å². The van der Waals surface area contributed by atoms with Crippen molar-refractivity contribution in [3.05, 3.63) is 11.6 Å². The van der Waals surface area contributed by atoms with Crippen LogP contribution in [0.4, 0.5) is 0 Å². The predicted octanol–water partition coefficient (Wildman–Crippen LogP) is 2.77. The fourth-order valence-corrected chi connectivity index (χ4v) is 3.32. The highest BCUT2D eigenvalue weighted by Crippen LogP contribution is 2.33. The molecule has 0 fully saturated rings. The zero-order chi connectivity index (χ0) is 13.8. The Kier molecular flexibility index (Phi) is 4.71. The lowest BCUT2D eigenvalue weighted by Crippen LogP contribution is -2.50. The highest BCUT2D eigenvalue weighted by atomic mass is 28.4. The molecule has 0 aromatic carbocycles. The zero-order valence-corrected chi connectivity index (χ0v) is 12.6. The van der Waals surface area contributed by atoms with Gasteiger partial charge in [-0.15, -0.1) is 0 Å². The van der Waals surface area contributed by atoms with E-state index < -0.39 is 19.9 Å². The normalized spacial score (nSPS) is 19.4. The van der Waals surface area contributed by atoms with Crippen molar-refractivity contribution in [3.8, 4) is 6.07 Å². The van der Waals surface area contributed by atoms with Crippen molar-refractivity contribution in [2.45, 2.75) is 50.9 Å². The quantitative estimate of drug-likeness (QED) is 0.446. The summed E-state index contributed by atoms with van der Waals surface area (Å²) in [7, 11) is -0.744. The van der Waals surface area contributed by atoms with Gasteiger partial charge in [0.05, 0.1) is 7.11 Å². The summed E-state index contributed by atoms with van der Waals surface area (Å²) in [4.78, 5) is 12.1. The summed E-state index contributed by atoms with van der Waals surface area (Å²) in [5.41, 5.74) is -0.759. The third-order valence-corrected chi connectivity index (χ3v) is 3.75. The molecule has 1 atom stereocenters. The van der Waals surface area contributed by atoms with Gasteiger partial charge in [0.2, 0.25) is 0 Å². The number of rotatable bonds is 4. The predicted molar refractivity (Wildman–Crippen MR) is 71.3 cm³/mol.